The smallest absolute Gasteiger partial charge is 0.381 e. The predicted octanol–water partition coefficient (Wildman–Crippen LogP) is 3.48. The lowest BCUT2D eigenvalue weighted by Crippen LogP contribution is -2.19. The molecule has 0 radical (unpaired) electrons. The van der Waals surface area contributed by atoms with Crippen LogP contribution in [-0.2, 0) is 0 Å². The van der Waals surface area contributed by atoms with Gasteiger partial charge in [-0.15, -0.1) is 13.2 Å². The van der Waals surface area contributed by atoms with Crippen LogP contribution in [-0.4, -0.2) is 16.3 Å². The third-order valence-corrected chi connectivity index (χ3v) is 1.90. The third-order valence-electron chi connectivity index (χ3n) is 1.59. The fraction of sp³-hybridized carbons (Fsp3) is 0.286. The van der Waals surface area contributed by atoms with Gasteiger partial charge in [-0.25, -0.2) is 8.78 Å². The maximum absolute atomic E-state index is 12.3. The van der Waals surface area contributed by atoms with Crippen molar-refractivity contribution in [2.75, 3.05) is 0 Å². The fourth-order valence-corrected chi connectivity index (χ4v) is 1.16. The first-order valence-electron chi connectivity index (χ1n) is 4.00. The molecule has 18 heavy (non-hydrogen) atoms. The number of hydrogen-bond donors (Lipinski definition) is 0. The highest BCUT2D eigenvalue weighted by atomic mass is 35.5. The zero-order chi connectivity index (χ0) is 14.1. The SMILES string of the molecule is O=[N+]([O-])c1cc(C(F)F)c(Cl)nc1OC(F)(F)F. The van der Waals surface area contributed by atoms with E-state index in [2.05, 4.69) is 9.72 Å². The Morgan fingerprint density at radius 1 is 1.44 bits per heavy atom. The van der Waals surface area contributed by atoms with Gasteiger partial charge >= 0.3 is 17.9 Å². The first kappa shape index (κ1) is 14.4. The van der Waals surface area contributed by atoms with Gasteiger partial charge in [-0.1, -0.05) is 11.6 Å². The average Bonchev–Trinajstić information content (AvgIpc) is 2.13. The summed E-state index contributed by atoms with van der Waals surface area (Å²) in [7, 11) is 0. The molecule has 0 N–H and O–H groups in total. The lowest BCUT2D eigenvalue weighted by atomic mass is 10.2. The number of ether oxygens (including phenoxy) is 1. The van der Waals surface area contributed by atoms with E-state index in [4.69, 9.17) is 11.6 Å². The summed E-state index contributed by atoms with van der Waals surface area (Å²) in [6.45, 7) is 0. The summed E-state index contributed by atoms with van der Waals surface area (Å²) < 4.78 is 63.6. The molecule has 0 spiro atoms. The van der Waals surface area contributed by atoms with Gasteiger partial charge in [-0.2, -0.15) is 4.98 Å². The van der Waals surface area contributed by atoms with E-state index in [9.17, 15) is 32.1 Å². The molecule has 11 heteroatoms. The van der Waals surface area contributed by atoms with Gasteiger partial charge in [0.05, 0.1) is 10.5 Å². The summed E-state index contributed by atoms with van der Waals surface area (Å²) >= 11 is 5.17. The van der Waals surface area contributed by atoms with Gasteiger partial charge in [0.2, 0.25) is 0 Å². The Hall–Kier alpha value is -1.71. The largest absolute Gasteiger partial charge is 0.574 e. The minimum atomic E-state index is -5.26. The average molecular weight is 293 g/mol. The summed E-state index contributed by atoms with van der Waals surface area (Å²) in [5.74, 6) is -1.50. The number of hydrogen-bond acceptors (Lipinski definition) is 4. The highest BCUT2D eigenvalue weighted by molar-refractivity contribution is 6.30. The van der Waals surface area contributed by atoms with Crippen LogP contribution in [0.25, 0.3) is 0 Å². The molecule has 1 rings (SSSR count). The zero-order valence-electron chi connectivity index (χ0n) is 8.04. The van der Waals surface area contributed by atoms with Gasteiger partial charge in [0.25, 0.3) is 6.43 Å². The van der Waals surface area contributed by atoms with Crippen LogP contribution in [0, 0.1) is 10.1 Å². The van der Waals surface area contributed by atoms with Gasteiger partial charge in [0.15, 0.2) is 0 Å². The molecule has 0 saturated carbocycles. The van der Waals surface area contributed by atoms with Crippen molar-refractivity contribution in [1.29, 1.82) is 0 Å². The van der Waals surface area contributed by atoms with Crippen LogP contribution in [0.2, 0.25) is 5.15 Å². The zero-order valence-corrected chi connectivity index (χ0v) is 8.80. The van der Waals surface area contributed by atoms with E-state index in [1.165, 1.54) is 0 Å². The predicted molar refractivity (Wildman–Crippen MR) is 47.5 cm³/mol. The van der Waals surface area contributed by atoms with Crippen molar-refractivity contribution < 1.29 is 31.6 Å². The first-order chi connectivity index (χ1) is 8.11. The second-order valence-electron chi connectivity index (χ2n) is 2.80. The summed E-state index contributed by atoms with van der Waals surface area (Å²) in [5.41, 5.74) is -2.41. The number of halogens is 6. The van der Waals surface area contributed by atoms with Gasteiger partial charge < -0.3 is 4.74 Å². The summed E-state index contributed by atoms with van der Waals surface area (Å²) in [6, 6.07) is 0.182. The molecule has 0 aliphatic rings. The molecule has 1 aromatic rings. The molecule has 1 aromatic heterocycles. The number of rotatable bonds is 3. The number of aromatic nitrogens is 1. The Balaban J connectivity index is 3.34. The molecule has 0 bridgehead atoms. The Labute approximate surface area is 100 Å². The van der Waals surface area contributed by atoms with E-state index in [-0.39, 0.29) is 6.07 Å². The monoisotopic (exact) mass is 292 g/mol. The molecule has 0 aliphatic carbocycles. The van der Waals surface area contributed by atoms with Gasteiger partial charge in [0, 0.05) is 6.07 Å². The molecule has 0 saturated heterocycles. The van der Waals surface area contributed by atoms with Crippen molar-refractivity contribution in [2.45, 2.75) is 12.8 Å². The van der Waals surface area contributed by atoms with Crippen LogP contribution >= 0.6 is 11.6 Å². The van der Waals surface area contributed by atoms with E-state index >= 15 is 0 Å². The van der Waals surface area contributed by atoms with Crippen LogP contribution in [0.15, 0.2) is 6.07 Å². The van der Waals surface area contributed by atoms with Crippen LogP contribution in [0.5, 0.6) is 5.88 Å². The molecular formula is C7H2ClF5N2O3. The molecule has 0 aliphatic heterocycles. The summed E-state index contributed by atoms with van der Waals surface area (Å²) in [5, 5.41) is 9.42. The van der Waals surface area contributed by atoms with Crippen LogP contribution < -0.4 is 4.74 Å². The van der Waals surface area contributed by atoms with Gasteiger partial charge in [-0.05, 0) is 0 Å². The highest BCUT2D eigenvalue weighted by Gasteiger charge is 2.36. The quantitative estimate of drug-likeness (QED) is 0.370. The molecule has 0 amide bonds. The Morgan fingerprint density at radius 2 is 2.00 bits per heavy atom. The van der Waals surface area contributed by atoms with Crippen molar-refractivity contribution in [1.82, 2.24) is 4.98 Å². The van der Waals surface area contributed by atoms with E-state index in [1.807, 2.05) is 0 Å². The van der Waals surface area contributed by atoms with E-state index < -0.39 is 40.0 Å². The van der Waals surface area contributed by atoms with Crippen molar-refractivity contribution in [3.63, 3.8) is 0 Å². The van der Waals surface area contributed by atoms with Gasteiger partial charge in [-0.3, -0.25) is 10.1 Å². The van der Waals surface area contributed by atoms with Crippen LogP contribution in [0.4, 0.5) is 27.6 Å². The lowest BCUT2D eigenvalue weighted by molar-refractivity contribution is -0.389. The first-order valence-corrected chi connectivity index (χ1v) is 4.38. The lowest BCUT2D eigenvalue weighted by Gasteiger charge is -2.09. The molecular weight excluding hydrogens is 291 g/mol. The van der Waals surface area contributed by atoms with Crippen molar-refractivity contribution >= 4 is 17.3 Å². The van der Waals surface area contributed by atoms with E-state index in [0.29, 0.717) is 0 Å². The molecule has 0 aromatic carbocycles. The standard InChI is InChI=1S/C7H2ClF5N2O3/c8-4-2(5(9)10)1-3(15(16)17)6(14-4)18-7(11,12)13/h1,5H. The summed E-state index contributed by atoms with van der Waals surface area (Å²) in [4.78, 5) is 11.9. The highest BCUT2D eigenvalue weighted by Crippen LogP contribution is 2.36. The van der Waals surface area contributed by atoms with Crippen molar-refractivity contribution in [3.05, 3.63) is 26.9 Å². The van der Waals surface area contributed by atoms with E-state index in [0.717, 1.165) is 0 Å². The fourth-order valence-electron chi connectivity index (χ4n) is 0.948. The van der Waals surface area contributed by atoms with Crippen LogP contribution in [0.1, 0.15) is 12.0 Å². The topological polar surface area (TPSA) is 65.3 Å². The Morgan fingerprint density at radius 3 is 2.39 bits per heavy atom. The maximum Gasteiger partial charge on any atom is 0.574 e. The third kappa shape index (κ3) is 3.39. The van der Waals surface area contributed by atoms with Crippen molar-refractivity contribution in [3.8, 4) is 5.88 Å². The Kier molecular flexibility index (Phi) is 3.89. The molecule has 0 unspecified atom stereocenters. The van der Waals surface area contributed by atoms with Crippen molar-refractivity contribution in [2.24, 2.45) is 0 Å². The number of nitrogens with zero attached hydrogens (tertiary/aromatic N) is 2. The number of alkyl halides is 5. The minimum Gasteiger partial charge on any atom is -0.381 e. The molecule has 0 fully saturated rings. The minimum absolute atomic E-state index is 0.182. The maximum atomic E-state index is 12.3. The molecule has 100 valence electrons. The number of pyridine rings is 1. The molecule has 5 nitrogen and oxygen atoms in total. The molecule has 1 heterocycles. The van der Waals surface area contributed by atoms with E-state index in [1.54, 1.807) is 0 Å². The number of nitro groups is 1. The van der Waals surface area contributed by atoms with Crippen LogP contribution in [0.3, 0.4) is 0 Å². The second kappa shape index (κ2) is 4.88. The van der Waals surface area contributed by atoms with Gasteiger partial charge in [0.1, 0.15) is 5.15 Å². The Bertz CT molecular complexity index is 479. The second-order valence-corrected chi connectivity index (χ2v) is 3.16. The summed E-state index contributed by atoms with van der Waals surface area (Å²) in [6.07, 6.45) is -8.48. The normalized spacial score (nSPS) is 11.7. The molecule has 0 atom stereocenters.